The third-order valence-electron chi connectivity index (χ3n) is 6.44. The summed E-state index contributed by atoms with van der Waals surface area (Å²) in [6.07, 6.45) is 8.41. The molecule has 1 aliphatic heterocycles. The summed E-state index contributed by atoms with van der Waals surface area (Å²) in [7, 11) is 0. The van der Waals surface area contributed by atoms with Gasteiger partial charge in [-0.15, -0.1) is 0 Å². The lowest BCUT2D eigenvalue weighted by atomic mass is 9.91. The maximum atomic E-state index is 15.4. The molecule has 202 valence electrons. The van der Waals surface area contributed by atoms with Gasteiger partial charge in [0.25, 0.3) is 0 Å². The number of benzene rings is 2. The Balaban J connectivity index is 1.60. The van der Waals surface area contributed by atoms with E-state index in [2.05, 4.69) is 33.4 Å². The fraction of sp³-hybridized carbons (Fsp3) is 0.258. The summed E-state index contributed by atoms with van der Waals surface area (Å²) < 4.78 is 15.4. The molecular formula is C31H34FN5O2. The summed E-state index contributed by atoms with van der Waals surface area (Å²) >= 11 is 0. The molecule has 7 nitrogen and oxygen atoms in total. The number of β-amino-alcohol motifs (C(OH)–C–C–N with tert-alkyl or cyclic N) is 1. The molecule has 0 radical (unpaired) electrons. The number of hydrogen-bond acceptors (Lipinski definition) is 6. The van der Waals surface area contributed by atoms with Crippen molar-refractivity contribution in [3.63, 3.8) is 0 Å². The highest BCUT2D eigenvalue weighted by Gasteiger charge is 2.24. The predicted octanol–water partition coefficient (Wildman–Crippen LogP) is 5.15. The van der Waals surface area contributed by atoms with Crippen LogP contribution in [0.5, 0.6) is 0 Å². The molecule has 2 aromatic rings. The van der Waals surface area contributed by atoms with Crippen molar-refractivity contribution >= 4 is 41.0 Å². The number of halogens is 1. The largest absolute Gasteiger partial charge is 0.389 e. The van der Waals surface area contributed by atoms with Crippen LogP contribution in [0.3, 0.4) is 0 Å². The molecule has 1 aliphatic carbocycles. The van der Waals surface area contributed by atoms with Gasteiger partial charge in [-0.1, -0.05) is 36.9 Å². The Morgan fingerprint density at radius 1 is 1.18 bits per heavy atom. The van der Waals surface area contributed by atoms with Gasteiger partial charge in [-0.05, 0) is 62.5 Å². The normalized spacial score (nSPS) is 18.3. The Morgan fingerprint density at radius 2 is 1.95 bits per heavy atom. The van der Waals surface area contributed by atoms with E-state index in [4.69, 9.17) is 4.99 Å². The Bertz CT molecular complexity index is 1380. The van der Waals surface area contributed by atoms with E-state index in [9.17, 15) is 9.90 Å². The number of nitrogens with one attached hydrogen (secondary N) is 1. The zero-order chi connectivity index (χ0) is 28.0. The van der Waals surface area contributed by atoms with Crippen LogP contribution in [0.4, 0.5) is 21.5 Å². The minimum atomic E-state index is -0.744. The molecule has 1 heterocycles. The van der Waals surface area contributed by atoms with Crippen LogP contribution < -0.4 is 10.2 Å². The van der Waals surface area contributed by atoms with E-state index in [0.717, 1.165) is 43.0 Å². The monoisotopic (exact) mass is 527 g/mol. The van der Waals surface area contributed by atoms with Crippen LogP contribution in [0.2, 0.25) is 0 Å². The molecule has 0 atom stereocenters. The number of aliphatic imine (C=N–C) groups is 2. The number of amides is 1. The lowest BCUT2D eigenvalue weighted by Gasteiger charge is -2.38. The van der Waals surface area contributed by atoms with Gasteiger partial charge < -0.3 is 15.3 Å². The number of anilines is 2. The molecular weight excluding hydrogens is 493 g/mol. The Kier molecular flexibility index (Phi) is 8.69. The van der Waals surface area contributed by atoms with Crippen LogP contribution in [0.25, 0.3) is 5.57 Å². The van der Waals surface area contributed by atoms with Gasteiger partial charge in [-0.2, -0.15) is 0 Å². The maximum Gasteiger partial charge on any atom is 0.247 e. The molecule has 1 fully saturated rings. The lowest BCUT2D eigenvalue weighted by Crippen LogP contribution is -2.50. The molecule has 4 rings (SSSR count). The van der Waals surface area contributed by atoms with E-state index in [1.54, 1.807) is 32.2 Å². The highest BCUT2D eigenvalue weighted by atomic mass is 19.1. The quantitative estimate of drug-likeness (QED) is 0.367. The van der Waals surface area contributed by atoms with Crippen LogP contribution in [0, 0.1) is 5.82 Å². The smallest absolute Gasteiger partial charge is 0.247 e. The fourth-order valence-electron chi connectivity index (χ4n) is 4.69. The van der Waals surface area contributed by atoms with Crippen molar-refractivity contribution in [3.8, 4) is 0 Å². The van der Waals surface area contributed by atoms with Crippen molar-refractivity contribution in [1.82, 2.24) is 4.90 Å². The van der Waals surface area contributed by atoms with Gasteiger partial charge in [0.2, 0.25) is 5.91 Å². The average Bonchev–Trinajstić information content (AvgIpc) is 2.90. The fourth-order valence-corrected chi connectivity index (χ4v) is 4.69. The highest BCUT2D eigenvalue weighted by Crippen LogP contribution is 2.32. The Hall–Kier alpha value is -4.14. The first-order valence-corrected chi connectivity index (χ1v) is 12.8. The number of carbonyl (C=O) groups excluding carboxylic acids is 1. The van der Waals surface area contributed by atoms with Crippen LogP contribution in [0.15, 0.2) is 95.1 Å². The van der Waals surface area contributed by atoms with Gasteiger partial charge in [0, 0.05) is 61.4 Å². The summed E-state index contributed by atoms with van der Waals surface area (Å²) in [5.41, 5.74) is 3.67. The molecule has 2 aliphatic rings. The van der Waals surface area contributed by atoms with Gasteiger partial charge in [0.15, 0.2) is 5.82 Å². The molecule has 0 aromatic heterocycles. The Morgan fingerprint density at radius 3 is 2.62 bits per heavy atom. The van der Waals surface area contributed by atoms with Crippen molar-refractivity contribution < 1.29 is 14.3 Å². The van der Waals surface area contributed by atoms with E-state index in [-0.39, 0.29) is 11.6 Å². The summed E-state index contributed by atoms with van der Waals surface area (Å²) in [5.74, 6) is -0.735. The van der Waals surface area contributed by atoms with Gasteiger partial charge in [0.05, 0.1) is 17.0 Å². The van der Waals surface area contributed by atoms with Gasteiger partial charge in [0.1, 0.15) is 0 Å². The predicted molar refractivity (Wildman–Crippen MR) is 158 cm³/mol. The SMILES string of the molecule is C=CC(=O)Nc1cccc(C2=CC=C/C(=C/N=C)C2=Nc2ccc(N3CCN(CC(C)(C)O)CC3)cc2F)c1. The van der Waals surface area contributed by atoms with E-state index in [0.29, 0.717) is 23.5 Å². The summed E-state index contributed by atoms with van der Waals surface area (Å²) in [5, 5.41) is 12.9. The first-order valence-electron chi connectivity index (χ1n) is 12.8. The first-order chi connectivity index (χ1) is 18.7. The molecule has 0 spiro atoms. The van der Waals surface area contributed by atoms with Crippen molar-refractivity contribution in [2.24, 2.45) is 9.98 Å². The number of nitrogens with zero attached hydrogens (tertiary/aromatic N) is 4. The summed E-state index contributed by atoms with van der Waals surface area (Å²) in [6, 6.07) is 12.4. The van der Waals surface area contributed by atoms with Gasteiger partial charge in [-0.3, -0.25) is 14.7 Å². The third kappa shape index (κ3) is 7.25. The van der Waals surface area contributed by atoms with Gasteiger partial charge >= 0.3 is 0 Å². The third-order valence-corrected chi connectivity index (χ3v) is 6.44. The molecule has 2 aromatic carbocycles. The van der Waals surface area contributed by atoms with Crippen LogP contribution in [-0.2, 0) is 4.79 Å². The van der Waals surface area contributed by atoms with E-state index in [1.165, 1.54) is 12.1 Å². The molecule has 2 N–H and O–H groups in total. The zero-order valence-electron chi connectivity index (χ0n) is 22.4. The highest BCUT2D eigenvalue weighted by molar-refractivity contribution is 6.34. The van der Waals surface area contributed by atoms with Gasteiger partial charge in [-0.25, -0.2) is 9.38 Å². The number of hydrogen-bond donors (Lipinski definition) is 2. The topological polar surface area (TPSA) is 80.5 Å². The van der Waals surface area contributed by atoms with Crippen molar-refractivity contribution in [3.05, 3.63) is 96.5 Å². The number of aliphatic hydroxyl groups is 1. The first kappa shape index (κ1) is 27.9. The van der Waals surface area contributed by atoms with Crippen LogP contribution >= 0.6 is 0 Å². The number of allylic oxidation sites excluding steroid dienone is 5. The summed E-state index contributed by atoms with van der Waals surface area (Å²) in [6.45, 7) is 14.4. The van der Waals surface area contributed by atoms with Crippen LogP contribution in [0.1, 0.15) is 19.4 Å². The van der Waals surface area contributed by atoms with E-state index >= 15 is 4.39 Å². The number of piperazine rings is 1. The second kappa shape index (κ2) is 12.1. The molecule has 0 unspecified atom stereocenters. The number of rotatable bonds is 8. The van der Waals surface area contributed by atoms with Crippen molar-refractivity contribution in [2.75, 3.05) is 42.9 Å². The zero-order valence-corrected chi connectivity index (χ0v) is 22.4. The summed E-state index contributed by atoms with van der Waals surface area (Å²) in [4.78, 5) is 24.8. The second-order valence-electron chi connectivity index (χ2n) is 10.2. The van der Waals surface area contributed by atoms with Crippen molar-refractivity contribution in [1.29, 1.82) is 0 Å². The van der Waals surface area contributed by atoms with E-state index in [1.807, 2.05) is 42.5 Å². The molecule has 0 saturated carbocycles. The molecule has 39 heavy (non-hydrogen) atoms. The minimum absolute atomic E-state index is 0.210. The molecule has 0 bridgehead atoms. The lowest BCUT2D eigenvalue weighted by molar-refractivity contribution is -0.111. The second-order valence-corrected chi connectivity index (χ2v) is 10.2. The Labute approximate surface area is 229 Å². The molecule has 1 amide bonds. The average molecular weight is 528 g/mol. The van der Waals surface area contributed by atoms with Crippen molar-refractivity contribution in [2.45, 2.75) is 19.4 Å². The molecule has 1 saturated heterocycles. The molecule has 8 heteroatoms. The number of carbonyl (C=O) groups is 1. The minimum Gasteiger partial charge on any atom is -0.389 e. The van der Waals surface area contributed by atoms with E-state index < -0.39 is 11.4 Å². The standard InChI is InChI=1S/C31H34FN5O2/c1-5-29(38)34-24-10-6-8-22(18-24)26-11-7-9-23(20-33-4)30(26)35-28-13-12-25(19-27(28)32)37-16-14-36(15-17-37)21-31(2,3)39/h5-13,18-20,39H,1,4,14-17,21H2,2-3H3,(H,34,38)/b23-20-,35-30?. The maximum absolute atomic E-state index is 15.4. The van der Waals surface area contributed by atoms with Crippen LogP contribution in [-0.4, -0.2) is 66.7 Å².